The molecule has 0 spiro atoms. The normalized spacial score (nSPS) is 10.3. The van der Waals surface area contributed by atoms with Gasteiger partial charge in [0.15, 0.2) is 5.78 Å². The van der Waals surface area contributed by atoms with Gasteiger partial charge in [-0.3, -0.25) is 9.59 Å². The fourth-order valence-electron chi connectivity index (χ4n) is 1.98. The molecule has 0 saturated carbocycles. The van der Waals surface area contributed by atoms with Crippen LogP contribution in [0.3, 0.4) is 0 Å². The average molecular weight is 361 g/mol. The SMILES string of the molecule is Cc1ccc(C(=O)CCC(=O)Nc2ncc(Br)cc2C)cc1. The number of rotatable bonds is 5. The summed E-state index contributed by atoms with van der Waals surface area (Å²) in [5.74, 6) is 0.282. The topological polar surface area (TPSA) is 59.1 Å². The van der Waals surface area contributed by atoms with Crippen molar-refractivity contribution in [2.24, 2.45) is 0 Å². The van der Waals surface area contributed by atoms with E-state index in [4.69, 9.17) is 0 Å². The quantitative estimate of drug-likeness (QED) is 0.817. The molecule has 0 bridgehead atoms. The summed E-state index contributed by atoms with van der Waals surface area (Å²) in [6.07, 6.45) is 1.95. The molecule has 1 heterocycles. The van der Waals surface area contributed by atoms with Crippen molar-refractivity contribution in [3.8, 4) is 0 Å². The number of hydrogen-bond donors (Lipinski definition) is 1. The predicted octanol–water partition coefficient (Wildman–Crippen LogP) is 4.06. The Morgan fingerprint density at radius 3 is 2.45 bits per heavy atom. The van der Waals surface area contributed by atoms with Gasteiger partial charge in [-0.1, -0.05) is 29.8 Å². The number of anilines is 1. The molecule has 1 aromatic heterocycles. The predicted molar refractivity (Wildman–Crippen MR) is 90.0 cm³/mol. The van der Waals surface area contributed by atoms with Crippen molar-refractivity contribution in [1.29, 1.82) is 0 Å². The zero-order valence-electron chi connectivity index (χ0n) is 12.5. The van der Waals surface area contributed by atoms with Gasteiger partial charge in [-0.25, -0.2) is 4.98 Å². The standard InChI is InChI=1S/C17H17BrN2O2/c1-11-3-5-13(6-4-11)15(21)7-8-16(22)20-17-12(2)9-14(18)10-19-17/h3-6,9-10H,7-8H2,1-2H3,(H,19,20,22). The van der Waals surface area contributed by atoms with Gasteiger partial charge in [0.1, 0.15) is 5.82 Å². The Morgan fingerprint density at radius 1 is 1.14 bits per heavy atom. The van der Waals surface area contributed by atoms with Gasteiger partial charge < -0.3 is 5.32 Å². The lowest BCUT2D eigenvalue weighted by atomic mass is 10.0. The van der Waals surface area contributed by atoms with Crippen LogP contribution in [0.2, 0.25) is 0 Å². The number of aromatic nitrogens is 1. The number of hydrogen-bond acceptors (Lipinski definition) is 3. The summed E-state index contributed by atoms with van der Waals surface area (Å²) in [6.45, 7) is 3.83. The number of ketones is 1. The number of nitrogens with one attached hydrogen (secondary N) is 1. The van der Waals surface area contributed by atoms with E-state index < -0.39 is 0 Å². The first-order valence-corrected chi connectivity index (χ1v) is 7.77. The molecule has 1 amide bonds. The van der Waals surface area contributed by atoms with Crippen LogP contribution in [0.1, 0.15) is 34.3 Å². The van der Waals surface area contributed by atoms with Crippen molar-refractivity contribution in [3.05, 3.63) is 57.7 Å². The maximum absolute atomic E-state index is 12.0. The minimum atomic E-state index is -0.210. The van der Waals surface area contributed by atoms with E-state index in [-0.39, 0.29) is 24.5 Å². The Morgan fingerprint density at radius 2 is 1.82 bits per heavy atom. The molecule has 0 aliphatic carbocycles. The summed E-state index contributed by atoms with van der Waals surface area (Å²) in [4.78, 5) is 28.1. The van der Waals surface area contributed by atoms with Crippen LogP contribution in [0.25, 0.3) is 0 Å². The van der Waals surface area contributed by atoms with Gasteiger partial charge in [0.05, 0.1) is 0 Å². The number of benzene rings is 1. The molecule has 0 aliphatic rings. The molecule has 2 rings (SSSR count). The zero-order chi connectivity index (χ0) is 16.1. The maximum Gasteiger partial charge on any atom is 0.225 e. The minimum Gasteiger partial charge on any atom is -0.310 e. The largest absolute Gasteiger partial charge is 0.310 e. The van der Waals surface area contributed by atoms with Crippen molar-refractivity contribution in [3.63, 3.8) is 0 Å². The Kier molecular flexibility index (Phi) is 5.44. The van der Waals surface area contributed by atoms with Crippen LogP contribution in [-0.2, 0) is 4.79 Å². The highest BCUT2D eigenvalue weighted by atomic mass is 79.9. The molecule has 1 N–H and O–H groups in total. The molecule has 0 saturated heterocycles. The number of nitrogens with zero attached hydrogens (tertiary/aromatic N) is 1. The van der Waals surface area contributed by atoms with Crippen LogP contribution in [0.15, 0.2) is 41.0 Å². The number of carbonyl (C=O) groups excluding carboxylic acids is 2. The van der Waals surface area contributed by atoms with Crippen molar-refractivity contribution < 1.29 is 9.59 Å². The van der Waals surface area contributed by atoms with E-state index in [9.17, 15) is 9.59 Å². The number of aryl methyl sites for hydroxylation is 2. The molecular weight excluding hydrogens is 344 g/mol. The second-order valence-corrected chi connectivity index (χ2v) is 6.07. The second kappa shape index (κ2) is 7.31. The van der Waals surface area contributed by atoms with E-state index in [1.807, 2.05) is 32.0 Å². The maximum atomic E-state index is 12.0. The smallest absolute Gasteiger partial charge is 0.225 e. The second-order valence-electron chi connectivity index (χ2n) is 5.16. The van der Waals surface area contributed by atoms with E-state index in [2.05, 4.69) is 26.2 Å². The summed E-state index contributed by atoms with van der Waals surface area (Å²) in [5.41, 5.74) is 2.61. The molecule has 22 heavy (non-hydrogen) atoms. The molecule has 4 nitrogen and oxygen atoms in total. The third kappa shape index (κ3) is 4.49. The van der Waals surface area contributed by atoms with Crippen LogP contribution in [0, 0.1) is 13.8 Å². The summed E-state index contributed by atoms with van der Waals surface area (Å²) in [6, 6.07) is 9.23. The van der Waals surface area contributed by atoms with E-state index in [1.54, 1.807) is 18.3 Å². The van der Waals surface area contributed by atoms with Crippen LogP contribution in [0.5, 0.6) is 0 Å². The lowest BCUT2D eigenvalue weighted by Gasteiger charge is -2.07. The fourth-order valence-corrected chi connectivity index (χ4v) is 2.42. The number of carbonyl (C=O) groups is 2. The van der Waals surface area contributed by atoms with Gasteiger partial charge in [-0.05, 0) is 41.4 Å². The van der Waals surface area contributed by atoms with Gasteiger partial charge in [-0.15, -0.1) is 0 Å². The van der Waals surface area contributed by atoms with Gasteiger partial charge in [0.2, 0.25) is 5.91 Å². The van der Waals surface area contributed by atoms with Gasteiger partial charge in [0.25, 0.3) is 0 Å². The molecule has 0 aliphatic heterocycles. The molecule has 114 valence electrons. The highest BCUT2D eigenvalue weighted by molar-refractivity contribution is 9.10. The third-order valence-electron chi connectivity index (χ3n) is 3.26. The van der Waals surface area contributed by atoms with Crippen molar-refractivity contribution in [2.45, 2.75) is 26.7 Å². The summed E-state index contributed by atoms with van der Waals surface area (Å²) < 4.78 is 0.859. The van der Waals surface area contributed by atoms with E-state index >= 15 is 0 Å². The monoisotopic (exact) mass is 360 g/mol. The van der Waals surface area contributed by atoms with Gasteiger partial charge >= 0.3 is 0 Å². The summed E-state index contributed by atoms with van der Waals surface area (Å²) in [5, 5.41) is 2.73. The first-order chi connectivity index (χ1) is 10.5. The Bertz CT molecular complexity index is 696. The van der Waals surface area contributed by atoms with Crippen molar-refractivity contribution in [1.82, 2.24) is 4.98 Å². The molecule has 0 unspecified atom stereocenters. The number of amides is 1. The summed E-state index contributed by atoms with van der Waals surface area (Å²) >= 11 is 3.32. The molecule has 5 heteroatoms. The van der Waals surface area contributed by atoms with Crippen molar-refractivity contribution >= 4 is 33.4 Å². The number of pyridine rings is 1. The number of Topliss-reactive ketones (excluding diaryl/α,β-unsaturated/α-hetero) is 1. The Labute approximate surface area is 138 Å². The molecule has 0 radical (unpaired) electrons. The molecular formula is C17H17BrN2O2. The Hall–Kier alpha value is -2.01. The van der Waals surface area contributed by atoms with Gasteiger partial charge in [-0.2, -0.15) is 0 Å². The highest BCUT2D eigenvalue weighted by Crippen LogP contribution is 2.17. The summed E-state index contributed by atoms with van der Waals surface area (Å²) in [7, 11) is 0. The first-order valence-electron chi connectivity index (χ1n) is 6.97. The highest BCUT2D eigenvalue weighted by Gasteiger charge is 2.11. The molecule has 0 atom stereocenters. The molecule has 0 fully saturated rings. The third-order valence-corrected chi connectivity index (χ3v) is 3.69. The van der Waals surface area contributed by atoms with Gasteiger partial charge in [0, 0.05) is 29.1 Å². The van der Waals surface area contributed by atoms with E-state index in [0.29, 0.717) is 11.4 Å². The lowest BCUT2D eigenvalue weighted by Crippen LogP contribution is -2.15. The van der Waals surface area contributed by atoms with E-state index in [0.717, 1.165) is 15.6 Å². The molecule has 1 aromatic carbocycles. The minimum absolute atomic E-state index is 0.0318. The van der Waals surface area contributed by atoms with Crippen LogP contribution in [-0.4, -0.2) is 16.7 Å². The van der Waals surface area contributed by atoms with Crippen molar-refractivity contribution in [2.75, 3.05) is 5.32 Å². The van der Waals surface area contributed by atoms with E-state index in [1.165, 1.54) is 0 Å². The van der Waals surface area contributed by atoms with Crippen LogP contribution in [0.4, 0.5) is 5.82 Å². The average Bonchev–Trinajstić information content (AvgIpc) is 2.48. The number of halogens is 1. The molecule has 2 aromatic rings. The first kappa shape index (κ1) is 16.4. The Balaban J connectivity index is 1.89. The van der Waals surface area contributed by atoms with Crippen LogP contribution < -0.4 is 5.32 Å². The lowest BCUT2D eigenvalue weighted by molar-refractivity contribution is -0.116. The van der Waals surface area contributed by atoms with Crippen LogP contribution >= 0.6 is 15.9 Å². The zero-order valence-corrected chi connectivity index (χ0v) is 14.1. The fraction of sp³-hybridized carbons (Fsp3) is 0.235.